The average molecular weight is 294 g/mol. The van der Waals surface area contributed by atoms with E-state index in [0.717, 1.165) is 32.4 Å². The number of carboxylic acids is 1. The summed E-state index contributed by atoms with van der Waals surface area (Å²) in [5, 5.41) is 9.01. The number of hydrogen-bond donors (Lipinski definition) is 1. The molecule has 0 aromatic carbocycles. The molecule has 1 fully saturated rings. The third kappa shape index (κ3) is 3.52. The molecular formula is C16H23FN2O2. The van der Waals surface area contributed by atoms with Gasteiger partial charge in [0, 0.05) is 19.3 Å². The first-order valence-electron chi connectivity index (χ1n) is 7.43. The Kier molecular flexibility index (Phi) is 4.49. The number of nitrogens with zero attached hydrogens (tertiary/aromatic N) is 2. The van der Waals surface area contributed by atoms with Crippen molar-refractivity contribution in [3.05, 3.63) is 23.6 Å². The molecular weight excluding hydrogens is 271 g/mol. The summed E-state index contributed by atoms with van der Waals surface area (Å²) in [4.78, 5) is 17.0. The van der Waals surface area contributed by atoms with E-state index in [1.165, 1.54) is 12.3 Å². The third-order valence-electron chi connectivity index (χ3n) is 4.35. The van der Waals surface area contributed by atoms with Gasteiger partial charge in [0.15, 0.2) is 11.6 Å². The lowest BCUT2D eigenvalue weighted by Gasteiger charge is -2.30. The van der Waals surface area contributed by atoms with Gasteiger partial charge >= 0.3 is 5.97 Å². The lowest BCUT2D eigenvalue weighted by molar-refractivity contribution is 0.0691. The highest BCUT2D eigenvalue weighted by atomic mass is 19.1. The van der Waals surface area contributed by atoms with Gasteiger partial charge in [0.2, 0.25) is 0 Å². The molecule has 0 amide bonds. The maximum absolute atomic E-state index is 14.3. The molecule has 2 rings (SSSR count). The van der Waals surface area contributed by atoms with Crippen LogP contribution in [0.15, 0.2) is 12.3 Å². The highest BCUT2D eigenvalue weighted by Crippen LogP contribution is 2.35. The summed E-state index contributed by atoms with van der Waals surface area (Å²) < 4.78 is 14.3. The van der Waals surface area contributed by atoms with Crippen molar-refractivity contribution in [2.75, 3.05) is 18.0 Å². The van der Waals surface area contributed by atoms with Gasteiger partial charge in [0.25, 0.3) is 0 Å². The first-order chi connectivity index (χ1) is 9.80. The fraction of sp³-hybridized carbons (Fsp3) is 0.625. The number of halogens is 1. The molecule has 5 heteroatoms. The van der Waals surface area contributed by atoms with Crippen LogP contribution in [0.1, 0.15) is 50.4 Å². The lowest BCUT2D eigenvalue weighted by Crippen LogP contribution is -2.28. The van der Waals surface area contributed by atoms with Crippen molar-refractivity contribution in [3.63, 3.8) is 0 Å². The van der Waals surface area contributed by atoms with E-state index in [4.69, 9.17) is 5.11 Å². The smallest absolute Gasteiger partial charge is 0.338 e. The SMILES string of the molecule is CC(C)(C)C1CCCN(c2nccc(C(=O)O)c2F)CC1. The van der Waals surface area contributed by atoms with Crippen molar-refractivity contribution in [1.29, 1.82) is 0 Å². The van der Waals surface area contributed by atoms with Crippen LogP contribution in [-0.2, 0) is 0 Å². The van der Waals surface area contributed by atoms with Crippen molar-refractivity contribution in [2.45, 2.75) is 40.0 Å². The first kappa shape index (κ1) is 15.7. The summed E-state index contributed by atoms with van der Waals surface area (Å²) in [6, 6.07) is 1.21. The number of pyridine rings is 1. The van der Waals surface area contributed by atoms with E-state index in [-0.39, 0.29) is 16.8 Å². The number of carbonyl (C=O) groups is 1. The lowest BCUT2D eigenvalue weighted by atomic mass is 9.77. The fourth-order valence-corrected chi connectivity index (χ4v) is 2.99. The first-order valence-corrected chi connectivity index (χ1v) is 7.43. The van der Waals surface area contributed by atoms with Gasteiger partial charge < -0.3 is 10.0 Å². The molecule has 1 aliphatic heterocycles. The predicted octanol–water partition coefficient (Wildman–Crippen LogP) is 3.57. The monoisotopic (exact) mass is 294 g/mol. The Hall–Kier alpha value is -1.65. The molecule has 1 unspecified atom stereocenters. The molecule has 0 aliphatic carbocycles. The average Bonchev–Trinajstić information content (AvgIpc) is 2.64. The Balaban J connectivity index is 2.20. The van der Waals surface area contributed by atoms with E-state index in [1.807, 2.05) is 4.90 Å². The topological polar surface area (TPSA) is 53.4 Å². The molecule has 1 saturated heterocycles. The Morgan fingerprint density at radius 2 is 2.10 bits per heavy atom. The van der Waals surface area contributed by atoms with E-state index in [9.17, 15) is 9.18 Å². The molecule has 0 radical (unpaired) electrons. The van der Waals surface area contributed by atoms with Gasteiger partial charge in [-0.1, -0.05) is 20.8 Å². The van der Waals surface area contributed by atoms with Crippen LogP contribution in [0.4, 0.5) is 10.2 Å². The number of carboxylic acid groups (broad SMARTS) is 1. The van der Waals surface area contributed by atoms with Gasteiger partial charge in [0.05, 0.1) is 0 Å². The Morgan fingerprint density at radius 3 is 2.71 bits per heavy atom. The minimum atomic E-state index is -1.25. The third-order valence-corrected chi connectivity index (χ3v) is 4.35. The van der Waals surface area contributed by atoms with Crippen LogP contribution in [0.2, 0.25) is 0 Å². The quantitative estimate of drug-likeness (QED) is 0.906. The summed E-state index contributed by atoms with van der Waals surface area (Å²) in [6.45, 7) is 8.14. The molecule has 116 valence electrons. The molecule has 4 nitrogen and oxygen atoms in total. The normalized spacial score (nSPS) is 20.2. The summed E-state index contributed by atoms with van der Waals surface area (Å²) in [6.07, 6.45) is 4.43. The minimum Gasteiger partial charge on any atom is -0.478 e. The molecule has 2 heterocycles. The molecule has 1 aliphatic rings. The van der Waals surface area contributed by atoms with Gasteiger partial charge in [-0.15, -0.1) is 0 Å². The van der Waals surface area contributed by atoms with E-state index < -0.39 is 11.8 Å². The number of rotatable bonds is 2. The van der Waals surface area contributed by atoms with Crippen LogP contribution >= 0.6 is 0 Å². The van der Waals surface area contributed by atoms with E-state index in [0.29, 0.717) is 5.92 Å². The standard InChI is InChI=1S/C16H23FN2O2/c1-16(2,3)11-5-4-9-19(10-7-11)14-13(17)12(15(20)21)6-8-18-14/h6,8,11H,4-5,7,9-10H2,1-3H3,(H,20,21). The summed E-state index contributed by atoms with van der Waals surface area (Å²) >= 11 is 0. The fourth-order valence-electron chi connectivity index (χ4n) is 2.99. The molecule has 0 saturated carbocycles. The van der Waals surface area contributed by atoms with E-state index >= 15 is 0 Å². The molecule has 0 spiro atoms. The van der Waals surface area contributed by atoms with Gasteiger partial charge in [-0.2, -0.15) is 0 Å². The number of hydrogen-bond acceptors (Lipinski definition) is 3. The Morgan fingerprint density at radius 1 is 1.38 bits per heavy atom. The molecule has 1 aromatic heterocycles. The van der Waals surface area contributed by atoms with Gasteiger partial charge in [0.1, 0.15) is 5.56 Å². The highest BCUT2D eigenvalue weighted by molar-refractivity contribution is 5.88. The molecule has 1 N–H and O–H groups in total. The van der Waals surface area contributed by atoms with Crippen LogP contribution in [0.3, 0.4) is 0 Å². The molecule has 21 heavy (non-hydrogen) atoms. The van der Waals surface area contributed by atoms with Gasteiger partial charge in [-0.25, -0.2) is 14.2 Å². The van der Waals surface area contributed by atoms with Crippen LogP contribution in [0.5, 0.6) is 0 Å². The van der Waals surface area contributed by atoms with E-state index in [2.05, 4.69) is 25.8 Å². The molecule has 1 atom stereocenters. The Bertz CT molecular complexity index is 525. The van der Waals surface area contributed by atoms with Crippen molar-refractivity contribution in [3.8, 4) is 0 Å². The second-order valence-corrected chi connectivity index (χ2v) is 6.78. The number of anilines is 1. The van der Waals surface area contributed by atoms with Crippen molar-refractivity contribution in [1.82, 2.24) is 4.98 Å². The van der Waals surface area contributed by atoms with Gasteiger partial charge in [-0.3, -0.25) is 0 Å². The molecule has 1 aromatic rings. The summed E-state index contributed by atoms with van der Waals surface area (Å²) in [5.74, 6) is -1.21. The zero-order chi connectivity index (χ0) is 15.6. The van der Waals surface area contributed by atoms with Gasteiger partial charge in [-0.05, 0) is 36.7 Å². The maximum Gasteiger partial charge on any atom is 0.338 e. The van der Waals surface area contributed by atoms with Crippen molar-refractivity contribution < 1.29 is 14.3 Å². The number of aromatic nitrogens is 1. The van der Waals surface area contributed by atoms with E-state index in [1.54, 1.807) is 0 Å². The minimum absolute atomic E-state index is 0.171. The Labute approximate surface area is 125 Å². The van der Waals surface area contributed by atoms with Crippen LogP contribution in [-0.4, -0.2) is 29.1 Å². The maximum atomic E-state index is 14.3. The zero-order valence-corrected chi connectivity index (χ0v) is 12.9. The second kappa shape index (κ2) is 6.00. The number of aromatic carboxylic acids is 1. The second-order valence-electron chi connectivity index (χ2n) is 6.78. The van der Waals surface area contributed by atoms with Crippen LogP contribution in [0.25, 0.3) is 0 Å². The summed E-state index contributed by atoms with van der Waals surface area (Å²) in [7, 11) is 0. The molecule has 0 bridgehead atoms. The van der Waals surface area contributed by atoms with Crippen LogP contribution in [0, 0.1) is 17.2 Å². The van der Waals surface area contributed by atoms with Crippen molar-refractivity contribution >= 4 is 11.8 Å². The highest BCUT2D eigenvalue weighted by Gasteiger charge is 2.28. The summed E-state index contributed by atoms with van der Waals surface area (Å²) in [5.41, 5.74) is -0.0677. The zero-order valence-electron chi connectivity index (χ0n) is 12.9. The van der Waals surface area contributed by atoms with Crippen molar-refractivity contribution in [2.24, 2.45) is 11.3 Å². The predicted molar refractivity (Wildman–Crippen MR) is 80.2 cm³/mol. The van der Waals surface area contributed by atoms with Crippen LogP contribution < -0.4 is 4.90 Å². The largest absolute Gasteiger partial charge is 0.478 e.